The number of hydrogen-bond acceptors (Lipinski definition) is 5. The Bertz CT molecular complexity index is 1020. The maximum atomic E-state index is 12.7. The lowest BCUT2D eigenvalue weighted by atomic mass is 10.1. The van der Waals surface area contributed by atoms with Gasteiger partial charge >= 0.3 is 0 Å². The normalized spacial score (nSPS) is 15.0. The third-order valence-electron chi connectivity index (χ3n) is 4.73. The van der Waals surface area contributed by atoms with Crippen molar-refractivity contribution >= 4 is 50.7 Å². The van der Waals surface area contributed by atoms with Crippen LogP contribution in [0.25, 0.3) is 10.2 Å². The van der Waals surface area contributed by atoms with Gasteiger partial charge in [0.05, 0.1) is 27.9 Å². The van der Waals surface area contributed by atoms with Crippen LogP contribution in [0.4, 0.5) is 0 Å². The maximum absolute atomic E-state index is 12.7. The van der Waals surface area contributed by atoms with Crippen LogP contribution in [0, 0.1) is 0 Å². The molecule has 3 aromatic rings. The van der Waals surface area contributed by atoms with Crippen molar-refractivity contribution in [3.8, 4) is 10.9 Å². The number of aromatic nitrogens is 1. The first-order valence-electron chi connectivity index (χ1n) is 8.89. The molecule has 2 heterocycles. The Morgan fingerprint density at radius 1 is 1.18 bits per heavy atom. The molecule has 1 fully saturated rings. The SMILES string of the molecule is COc1ccc2sc(OC3CCN(C(=O)c4ccc(Cl)cc4Cl)CC3)nc2c1. The van der Waals surface area contributed by atoms with E-state index in [1.165, 1.54) is 11.3 Å². The molecule has 0 unspecified atom stereocenters. The van der Waals surface area contributed by atoms with Gasteiger partial charge in [-0.05, 0) is 30.3 Å². The van der Waals surface area contributed by atoms with Crippen molar-refractivity contribution < 1.29 is 14.3 Å². The summed E-state index contributed by atoms with van der Waals surface area (Å²) in [5.74, 6) is 0.698. The summed E-state index contributed by atoms with van der Waals surface area (Å²) in [7, 11) is 1.64. The molecular formula is C20H18Cl2N2O3S. The van der Waals surface area contributed by atoms with Crippen LogP contribution in [0.1, 0.15) is 23.2 Å². The first kappa shape index (κ1) is 19.3. The number of benzene rings is 2. The summed E-state index contributed by atoms with van der Waals surface area (Å²) in [5, 5.41) is 1.54. The van der Waals surface area contributed by atoms with Gasteiger partial charge in [-0.2, -0.15) is 0 Å². The average Bonchev–Trinajstić information content (AvgIpc) is 3.09. The molecule has 0 aliphatic carbocycles. The largest absolute Gasteiger partial charge is 0.497 e. The van der Waals surface area contributed by atoms with Gasteiger partial charge in [0.2, 0.25) is 0 Å². The second-order valence-electron chi connectivity index (χ2n) is 6.55. The highest BCUT2D eigenvalue weighted by atomic mass is 35.5. The van der Waals surface area contributed by atoms with Crippen molar-refractivity contribution in [3.63, 3.8) is 0 Å². The predicted octanol–water partition coefficient (Wildman–Crippen LogP) is 5.30. The predicted molar refractivity (Wildman–Crippen MR) is 112 cm³/mol. The van der Waals surface area contributed by atoms with Crippen molar-refractivity contribution in [3.05, 3.63) is 52.0 Å². The number of halogens is 2. The van der Waals surface area contributed by atoms with Gasteiger partial charge in [0.1, 0.15) is 11.9 Å². The molecule has 1 aromatic heterocycles. The van der Waals surface area contributed by atoms with Gasteiger partial charge in [-0.15, -0.1) is 0 Å². The average molecular weight is 437 g/mol. The number of hydrogen-bond donors (Lipinski definition) is 0. The van der Waals surface area contributed by atoms with Crippen LogP contribution in [-0.4, -0.2) is 42.1 Å². The molecule has 28 heavy (non-hydrogen) atoms. The minimum absolute atomic E-state index is 0.0344. The van der Waals surface area contributed by atoms with Gasteiger partial charge < -0.3 is 14.4 Å². The molecule has 2 aromatic carbocycles. The number of methoxy groups -OCH3 is 1. The molecule has 1 saturated heterocycles. The number of fused-ring (bicyclic) bond motifs is 1. The zero-order chi connectivity index (χ0) is 19.7. The topological polar surface area (TPSA) is 51.7 Å². The van der Waals surface area contributed by atoms with Crippen molar-refractivity contribution in [1.29, 1.82) is 0 Å². The zero-order valence-electron chi connectivity index (χ0n) is 15.2. The fourth-order valence-electron chi connectivity index (χ4n) is 3.22. The highest BCUT2D eigenvalue weighted by Gasteiger charge is 2.26. The lowest BCUT2D eigenvalue weighted by Gasteiger charge is -2.31. The summed E-state index contributed by atoms with van der Waals surface area (Å²) in [6, 6.07) is 10.7. The molecule has 4 rings (SSSR count). The fraction of sp³-hybridized carbons (Fsp3) is 0.300. The molecule has 0 radical (unpaired) electrons. The van der Waals surface area contributed by atoms with Gasteiger partial charge in [0.25, 0.3) is 11.1 Å². The zero-order valence-corrected chi connectivity index (χ0v) is 17.5. The van der Waals surface area contributed by atoms with E-state index in [2.05, 4.69) is 4.98 Å². The number of likely N-dealkylation sites (tertiary alicyclic amines) is 1. The molecule has 1 aliphatic heterocycles. The number of nitrogens with zero attached hydrogens (tertiary/aromatic N) is 2. The van der Waals surface area contributed by atoms with Crippen LogP contribution in [0.15, 0.2) is 36.4 Å². The minimum atomic E-state index is -0.0767. The smallest absolute Gasteiger partial charge is 0.274 e. The van der Waals surface area contributed by atoms with Crippen molar-refractivity contribution in [2.24, 2.45) is 0 Å². The van der Waals surface area contributed by atoms with Gasteiger partial charge in [-0.3, -0.25) is 4.79 Å². The maximum Gasteiger partial charge on any atom is 0.274 e. The van der Waals surface area contributed by atoms with Crippen LogP contribution < -0.4 is 9.47 Å². The van der Waals surface area contributed by atoms with Gasteiger partial charge in [0.15, 0.2) is 0 Å². The van der Waals surface area contributed by atoms with E-state index < -0.39 is 0 Å². The Hall–Kier alpha value is -2.02. The van der Waals surface area contributed by atoms with Gasteiger partial charge in [-0.25, -0.2) is 4.98 Å². The number of rotatable bonds is 4. The fourth-order valence-corrected chi connectivity index (χ4v) is 4.57. The summed E-state index contributed by atoms with van der Waals surface area (Å²) < 4.78 is 12.4. The number of amides is 1. The molecule has 0 spiro atoms. The molecule has 146 valence electrons. The summed E-state index contributed by atoms with van der Waals surface area (Å²) in [6.45, 7) is 1.22. The molecule has 0 bridgehead atoms. The van der Waals surface area contributed by atoms with Crippen molar-refractivity contribution in [1.82, 2.24) is 9.88 Å². The lowest BCUT2D eigenvalue weighted by molar-refractivity contribution is 0.0595. The van der Waals surface area contributed by atoms with E-state index >= 15 is 0 Å². The molecule has 0 N–H and O–H groups in total. The van der Waals surface area contributed by atoms with Crippen LogP contribution in [-0.2, 0) is 0 Å². The first-order chi connectivity index (χ1) is 13.5. The van der Waals surface area contributed by atoms with Crippen LogP contribution >= 0.6 is 34.5 Å². The third kappa shape index (κ3) is 4.04. The van der Waals surface area contributed by atoms with E-state index in [1.807, 2.05) is 18.2 Å². The Morgan fingerprint density at radius 3 is 2.68 bits per heavy atom. The molecule has 1 amide bonds. The van der Waals surface area contributed by atoms with Crippen molar-refractivity contribution in [2.75, 3.05) is 20.2 Å². The van der Waals surface area contributed by atoms with Crippen LogP contribution in [0.3, 0.4) is 0 Å². The number of piperidine rings is 1. The Labute approximate surface area is 176 Å². The highest BCUT2D eigenvalue weighted by molar-refractivity contribution is 7.20. The van der Waals surface area contributed by atoms with E-state index in [4.69, 9.17) is 32.7 Å². The molecule has 1 aliphatic rings. The summed E-state index contributed by atoms with van der Waals surface area (Å²) in [5.41, 5.74) is 1.34. The van der Waals surface area contributed by atoms with E-state index in [0.29, 0.717) is 33.9 Å². The second kappa shape index (κ2) is 8.15. The highest BCUT2D eigenvalue weighted by Crippen LogP contribution is 2.32. The summed E-state index contributed by atoms with van der Waals surface area (Å²) in [4.78, 5) is 19.1. The quantitative estimate of drug-likeness (QED) is 0.556. The number of carbonyl (C=O) groups excluding carboxylic acids is 1. The van der Waals surface area contributed by atoms with E-state index in [9.17, 15) is 4.79 Å². The van der Waals surface area contributed by atoms with Gasteiger partial charge in [-0.1, -0.05) is 34.5 Å². The number of carbonyl (C=O) groups is 1. The van der Waals surface area contributed by atoms with E-state index in [1.54, 1.807) is 30.2 Å². The standard InChI is InChI=1S/C20H18Cl2N2O3S/c1-26-14-3-5-18-17(11-14)23-20(28-18)27-13-6-8-24(9-7-13)19(25)15-4-2-12(21)10-16(15)22/h2-5,10-11,13H,6-9H2,1H3. The molecule has 0 saturated carbocycles. The minimum Gasteiger partial charge on any atom is -0.497 e. The van der Waals surface area contributed by atoms with E-state index in [0.717, 1.165) is 28.8 Å². The van der Waals surface area contributed by atoms with Crippen molar-refractivity contribution in [2.45, 2.75) is 18.9 Å². The Kier molecular flexibility index (Phi) is 5.62. The Morgan fingerprint density at radius 2 is 1.96 bits per heavy atom. The van der Waals surface area contributed by atoms with Crippen LogP contribution in [0.2, 0.25) is 10.0 Å². The molecule has 0 atom stereocenters. The van der Waals surface area contributed by atoms with Gasteiger partial charge in [0, 0.05) is 37.0 Å². The van der Waals surface area contributed by atoms with E-state index in [-0.39, 0.29) is 12.0 Å². The molecule has 8 heteroatoms. The third-order valence-corrected chi connectivity index (χ3v) is 6.21. The molecule has 5 nitrogen and oxygen atoms in total. The summed E-state index contributed by atoms with van der Waals surface area (Å²) in [6.07, 6.45) is 1.53. The number of thiazole rings is 1. The second-order valence-corrected chi connectivity index (χ2v) is 8.38. The summed E-state index contributed by atoms with van der Waals surface area (Å²) >= 11 is 13.6. The first-order valence-corrected chi connectivity index (χ1v) is 10.5. The Balaban J connectivity index is 1.38. The van der Waals surface area contributed by atoms with Crippen LogP contribution in [0.5, 0.6) is 10.9 Å². The number of ether oxygens (including phenoxy) is 2. The molecular weight excluding hydrogens is 419 g/mol. The lowest BCUT2D eigenvalue weighted by Crippen LogP contribution is -2.41. The monoisotopic (exact) mass is 436 g/mol.